The summed E-state index contributed by atoms with van der Waals surface area (Å²) in [5, 5.41) is 3.72. The Hall–Kier alpha value is -0.860. The highest BCUT2D eigenvalue weighted by Crippen LogP contribution is 2.19. The number of unbranched alkanes of at least 4 members (excludes halogenated alkanes) is 2. The van der Waals surface area contributed by atoms with Crippen LogP contribution in [0.4, 0.5) is 0 Å². The molecule has 2 heteroatoms. The largest absolute Gasteiger partial charge is 0.310 e. The minimum atomic E-state index is 0.523. The van der Waals surface area contributed by atoms with Crippen molar-refractivity contribution in [2.75, 3.05) is 27.2 Å². The standard InChI is InChI=1S/C17H30N2/c1-4-5-7-13-17(16-11-8-6-9-12-16)18-14-10-15-19(2)3/h6,8-9,11-12,17-18H,4-5,7,10,13-15H2,1-3H3. The average Bonchev–Trinajstić information content (AvgIpc) is 2.42. The van der Waals surface area contributed by atoms with E-state index < -0.39 is 0 Å². The lowest BCUT2D eigenvalue weighted by Gasteiger charge is -2.20. The van der Waals surface area contributed by atoms with E-state index in [2.05, 4.69) is 61.6 Å². The summed E-state index contributed by atoms with van der Waals surface area (Å²) in [6, 6.07) is 11.4. The molecule has 2 nitrogen and oxygen atoms in total. The van der Waals surface area contributed by atoms with Crippen LogP contribution in [0.5, 0.6) is 0 Å². The summed E-state index contributed by atoms with van der Waals surface area (Å²) in [5.41, 5.74) is 1.43. The second kappa shape index (κ2) is 9.99. The van der Waals surface area contributed by atoms with Gasteiger partial charge in [0.1, 0.15) is 0 Å². The van der Waals surface area contributed by atoms with E-state index >= 15 is 0 Å². The summed E-state index contributed by atoms with van der Waals surface area (Å²) in [5.74, 6) is 0. The molecule has 108 valence electrons. The van der Waals surface area contributed by atoms with Crippen molar-refractivity contribution in [3.8, 4) is 0 Å². The molecule has 0 aliphatic carbocycles. The molecule has 0 aromatic heterocycles. The topological polar surface area (TPSA) is 15.3 Å². The van der Waals surface area contributed by atoms with Gasteiger partial charge < -0.3 is 10.2 Å². The van der Waals surface area contributed by atoms with Crippen LogP contribution in [-0.4, -0.2) is 32.1 Å². The van der Waals surface area contributed by atoms with E-state index in [9.17, 15) is 0 Å². The molecule has 0 aliphatic rings. The highest BCUT2D eigenvalue weighted by molar-refractivity contribution is 5.18. The highest BCUT2D eigenvalue weighted by atomic mass is 15.1. The van der Waals surface area contributed by atoms with E-state index in [0.29, 0.717) is 6.04 Å². The molecule has 0 aliphatic heterocycles. The zero-order valence-corrected chi connectivity index (χ0v) is 12.9. The third kappa shape index (κ3) is 7.34. The molecule has 0 radical (unpaired) electrons. The summed E-state index contributed by atoms with van der Waals surface area (Å²) in [4.78, 5) is 2.25. The van der Waals surface area contributed by atoms with Gasteiger partial charge in [0.2, 0.25) is 0 Å². The summed E-state index contributed by atoms with van der Waals surface area (Å²) >= 11 is 0. The normalized spacial score (nSPS) is 12.8. The Bertz CT molecular complexity index is 308. The fourth-order valence-corrected chi connectivity index (χ4v) is 2.34. The zero-order chi connectivity index (χ0) is 13.9. The van der Waals surface area contributed by atoms with Crippen molar-refractivity contribution in [3.05, 3.63) is 35.9 Å². The van der Waals surface area contributed by atoms with Crippen LogP contribution in [0, 0.1) is 0 Å². The Balaban J connectivity index is 2.41. The van der Waals surface area contributed by atoms with Gasteiger partial charge in [-0.2, -0.15) is 0 Å². The van der Waals surface area contributed by atoms with Gasteiger partial charge in [0.15, 0.2) is 0 Å². The first-order chi connectivity index (χ1) is 9.24. The Morgan fingerprint density at radius 2 is 1.79 bits per heavy atom. The van der Waals surface area contributed by atoms with Gasteiger partial charge in [-0.25, -0.2) is 0 Å². The maximum absolute atomic E-state index is 3.72. The number of rotatable bonds is 10. The van der Waals surface area contributed by atoms with Crippen molar-refractivity contribution in [1.82, 2.24) is 10.2 Å². The minimum absolute atomic E-state index is 0.523. The van der Waals surface area contributed by atoms with E-state index in [0.717, 1.165) is 13.1 Å². The molecule has 0 bridgehead atoms. The quantitative estimate of drug-likeness (QED) is 0.644. The van der Waals surface area contributed by atoms with Crippen LogP contribution in [0.15, 0.2) is 30.3 Å². The van der Waals surface area contributed by atoms with Crippen molar-refractivity contribution in [1.29, 1.82) is 0 Å². The first kappa shape index (κ1) is 16.2. The van der Waals surface area contributed by atoms with Crippen molar-refractivity contribution < 1.29 is 0 Å². The molecular formula is C17H30N2. The maximum atomic E-state index is 3.72. The van der Waals surface area contributed by atoms with E-state index in [4.69, 9.17) is 0 Å². The molecule has 1 atom stereocenters. The summed E-state index contributed by atoms with van der Waals surface area (Å²) in [6.45, 7) is 4.52. The number of hydrogen-bond acceptors (Lipinski definition) is 2. The molecule has 0 spiro atoms. The van der Waals surface area contributed by atoms with Crippen molar-refractivity contribution >= 4 is 0 Å². The fraction of sp³-hybridized carbons (Fsp3) is 0.647. The molecule has 1 unspecified atom stereocenters. The second-order valence-corrected chi connectivity index (χ2v) is 5.57. The van der Waals surface area contributed by atoms with Crippen LogP contribution in [0.1, 0.15) is 50.6 Å². The van der Waals surface area contributed by atoms with Crippen molar-refractivity contribution in [3.63, 3.8) is 0 Å². The SMILES string of the molecule is CCCCCC(NCCCN(C)C)c1ccccc1. The third-order valence-corrected chi connectivity index (χ3v) is 3.47. The van der Waals surface area contributed by atoms with Crippen LogP contribution in [-0.2, 0) is 0 Å². The Labute approximate surface area is 119 Å². The molecule has 1 rings (SSSR count). The lowest BCUT2D eigenvalue weighted by atomic mass is 10.0. The molecule has 1 N–H and O–H groups in total. The van der Waals surface area contributed by atoms with Crippen LogP contribution in [0.25, 0.3) is 0 Å². The highest BCUT2D eigenvalue weighted by Gasteiger charge is 2.09. The smallest absolute Gasteiger partial charge is 0.0320 e. The Morgan fingerprint density at radius 3 is 2.42 bits per heavy atom. The minimum Gasteiger partial charge on any atom is -0.310 e. The van der Waals surface area contributed by atoms with Gasteiger partial charge in [0.25, 0.3) is 0 Å². The molecule has 0 saturated heterocycles. The van der Waals surface area contributed by atoms with Crippen molar-refractivity contribution in [2.24, 2.45) is 0 Å². The predicted molar refractivity (Wildman–Crippen MR) is 84.5 cm³/mol. The zero-order valence-electron chi connectivity index (χ0n) is 12.9. The molecule has 1 aromatic rings. The van der Waals surface area contributed by atoms with E-state index in [1.807, 2.05) is 0 Å². The van der Waals surface area contributed by atoms with Gasteiger partial charge in [-0.15, -0.1) is 0 Å². The first-order valence-corrected chi connectivity index (χ1v) is 7.67. The summed E-state index contributed by atoms with van der Waals surface area (Å²) in [7, 11) is 4.27. The van der Waals surface area contributed by atoms with Crippen molar-refractivity contribution in [2.45, 2.75) is 45.1 Å². The molecule has 19 heavy (non-hydrogen) atoms. The molecule has 0 heterocycles. The lowest BCUT2D eigenvalue weighted by molar-refractivity contribution is 0.381. The van der Waals surface area contributed by atoms with E-state index in [-0.39, 0.29) is 0 Å². The summed E-state index contributed by atoms with van der Waals surface area (Å²) in [6.07, 6.45) is 6.41. The van der Waals surface area contributed by atoms with E-state index in [1.54, 1.807) is 0 Å². The number of nitrogens with zero attached hydrogens (tertiary/aromatic N) is 1. The van der Waals surface area contributed by atoms with Crippen LogP contribution in [0.3, 0.4) is 0 Å². The van der Waals surface area contributed by atoms with Gasteiger partial charge in [0, 0.05) is 6.04 Å². The molecule has 0 saturated carbocycles. The number of nitrogens with one attached hydrogen (secondary N) is 1. The molecule has 0 amide bonds. The van der Waals surface area contributed by atoms with Gasteiger partial charge in [0.05, 0.1) is 0 Å². The summed E-state index contributed by atoms with van der Waals surface area (Å²) < 4.78 is 0. The number of benzene rings is 1. The third-order valence-electron chi connectivity index (χ3n) is 3.47. The average molecular weight is 262 g/mol. The van der Waals surface area contributed by atoms with Gasteiger partial charge in [-0.05, 0) is 45.6 Å². The van der Waals surface area contributed by atoms with Gasteiger partial charge in [-0.1, -0.05) is 56.5 Å². The fourth-order valence-electron chi connectivity index (χ4n) is 2.34. The second-order valence-electron chi connectivity index (χ2n) is 5.57. The lowest BCUT2D eigenvalue weighted by Crippen LogP contribution is -2.25. The molecular weight excluding hydrogens is 232 g/mol. The van der Waals surface area contributed by atoms with Crippen LogP contribution >= 0.6 is 0 Å². The first-order valence-electron chi connectivity index (χ1n) is 7.67. The predicted octanol–water partition coefficient (Wildman–Crippen LogP) is 3.85. The Kier molecular flexibility index (Phi) is 8.52. The maximum Gasteiger partial charge on any atom is 0.0320 e. The molecule has 1 aromatic carbocycles. The number of hydrogen-bond donors (Lipinski definition) is 1. The monoisotopic (exact) mass is 262 g/mol. The van der Waals surface area contributed by atoms with Crippen LogP contribution in [0.2, 0.25) is 0 Å². The van der Waals surface area contributed by atoms with Crippen LogP contribution < -0.4 is 5.32 Å². The molecule has 0 fully saturated rings. The van der Waals surface area contributed by atoms with Gasteiger partial charge in [-0.3, -0.25) is 0 Å². The van der Waals surface area contributed by atoms with Gasteiger partial charge >= 0.3 is 0 Å². The van der Waals surface area contributed by atoms with E-state index in [1.165, 1.54) is 37.7 Å². The Morgan fingerprint density at radius 1 is 1.05 bits per heavy atom.